The number of nitriles is 1. The first-order valence-electron chi connectivity index (χ1n) is 5.09. The number of anilines is 1. The molecule has 1 aromatic carbocycles. The van der Waals surface area contributed by atoms with Crippen LogP contribution in [0, 0.1) is 11.3 Å². The third-order valence-electron chi connectivity index (χ3n) is 2.31. The molecule has 0 fully saturated rings. The second kappa shape index (κ2) is 5.00. The van der Waals surface area contributed by atoms with Crippen LogP contribution in [0.3, 0.4) is 0 Å². The standard InChI is InChI=1S/C12H10ClN3O/c13-9-1-2-11-10(6-9)8(7-14)5-12(16-11)15-3-4-17/h1-2,5-6,17H,3-4H2,(H,15,16). The molecule has 4 nitrogen and oxygen atoms in total. The van der Waals surface area contributed by atoms with Gasteiger partial charge in [-0.2, -0.15) is 5.26 Å². The lowest BCUT2D eigenvalue weighted by molar-refractivity contribution is 0.311. The van der Waals surface area contributed by atoms with Crippen LogP contribution in [0.25, 0.3) is 10.9 Å². The van der Waals surface area contributed by atoms with Gasteiger partial charge in [-0.05, 0) is 24.3 Å². The smallest absolute Gasteiger partial charge is 0.128 e. The van der Waals surface area contributed by atoms with Gasteiger partial charge in [0.25, 0.3) is 0 Å². The van der Waals surface area contributed by atoms with Gasteiger partial charge in [0.2, 0.25) is 0 Å². The molecule has 86 valence electrons. The third kappa shape index (κ3) is 2.47. The number of aromatic nitrogens is 1. The highest BCUT2D eigenvalue weighted by molar-refractivity contribution is 6.31. The number of halogens is 1. The number of nitrogens with one attached hydrogen (secondary N) is 1. The monoisotopic (exact) mass is 247 g/mol. The maximum atomic E-state index is 9.08. The Morgan fingerprint density at radius 1 is 1.41 bits per heavy atom. The second-order valence-corrected chi connectivity index (χ2v) is 3.92. The first kappa shape index (κ1) is 11.6. The van der Waals surface area contributed by atoms with Gasteiger partial charge < -0.3 is 10.4 Å². The van der Waals surface area contributed by atoms with E-state index in [9.17, 15) is 0 Å². The fourth-order valence-corrected chi connectivity index (χ4v) is 1.74. The third-order valence-corrected chi connectivity index (χ3v) is 2.54. The van der Waals surface area contributed by atoms with Gasteiger partial charge in [-0.3, -0.25) is 0 Å². The zero-order valence-corrected chi connectivity index (χ0v) is 9.70. The van der Waals surface area contributed by atoms with Gasteiger partial charge in [0, 0.05) is 17.0 Å². The molecular weight excluding hydrogens is 238 g/mol. The van der Waals surface area contributed by atoms with Gasteiger partial charge in [-0.15, -0.1) is 0 Å². The maximum Gasteiger partial charge on any atom is 0.128 e. The molecule has 0 atom stereocenters. The van der Waals surface area contributed by atoms with Crippen LogP contribution in [-0.4, -0.2) is 23.2 Å². The van der Waals surface area contributed by atoms with Gasteiger partial charge in [0.05, 0.1) is 23.8 Å². The Hall–Kier alpha value is -1.83. The molecule has 0 spiro atoms. The van der Waals surface area contributed by atoms with Crippen molar-refractivity contribution in [3.05, 3.63) is 34.9 Å². The van der Waals surface area contributed by atoms with E-state index in [0.717, 1.165) is 5.39 Å². The van der Waals surface area contributed by atoms with E-state index in [4.69, 9.17) is 22.0 Å². The first-order chi connectivity index (χ1) is 8.24. The average molecular weight is 248 g/mol. The largest absolute Gasteiger partial charge is 0.395 e. The Morgan fingerprint density at radius 3 is 2.94 bits per heavy atom. The van der Waals surface area contributed by atoms with Crippen LogP contribution in [0.1, 0.15) is 5.56 Å². The molecule has 0 aliphatic heterocycles. The lowest BCUT2D eigenvalue weighted by Gasteiger charge is -2.06. The molecule has 2 N–H and O–H groups in total. The van der Waals surface area contributed by atoms with Crippen LogP contribution in [0.15, 0.2) is 24.3 Å². The van der Waals surface area contributed by atoms with Crippen molar-refractivity contribution in [3.63, 3.8) is 0 Å². The number of hydrogen-bond donors (Lipinski definition) is 2. The van der Waals surface area contributed by atoms with Crippen molar-refractivity contribution >= 4 is 28.3 Å². The van der Waals surface area contributed by atoms with Crippen LogP contribution in [-0.2, 0) is 0 Å². The Kier molecular flexibility index (Phi) is 3.43. The van der Waals surface area contributed by atoms with Crippen LogP contribution in [0.4, 0.5) is 5.82 Å². The van der Waals surface area contributed by atoms with Gasteiger partial charge in [0.15, 0.2) is 0 Å². The number of aliphatic hydroxyl groups excluding tert-OH is 1. The molecule has 2 rings (SSSR count). The number of aliphatic hydroxyl groups is 1. The molecule has 2 aromatic rings. The molecule has 0 saturated carbocycles. The van der Waals surface area contributed by atoms with Gasteiger partial charge in [0.1, 0.15) is 5.82 Å². The highest BCUT2D eigenvalue weighted by atomic mass is 35.5. The molecule has 0 bridgehead atoms. The minimum Gasteiger partial charge on any atom is -0.395 e. The molecule has 0 amide bonds. The minimum absolute atomic E-state index is 0.0161. The first-order valence-corrected chi connectivity index (χ1v) is 5.47. The SMILES string of the molecule is N#Cc1cc(NCCO)nc2ccc(Cl)cc12. The maximum absolute atomic E-state index is 9.08. The van der Waals surface area contributed by atoms with Gasteiger partial charge in [-0.1, -0.05) is 11.6 Å². The summed E-state index contributed by atoms with van der Waals surface area (Å²) in [5, 5.41) is 22.0. The molecule has 1 heterocycles. The fourth-order valence-electron chi connectivity index (χ4n) is 1.57. The number of rotatable bonds is 3. The zero-order valence-electron chi connectivity index (χ0n) is 8.94. The predicted molar refractivity (Wildman–Crippen MR) is 67.0 cm³/mol. The number of benzene rings is 1. The average Bonchev–Trinajstić information content (AvgIpc) is 2.35. The highest BCUT2D eigenvalue weighted by Crippen LogP contribution is 2.23. The van der Waals surface area contributed by atoms with Crippen molar-refractivity contribution in [2.45, 2.75) is 0 Å². The van der Waals surface area contributed by atoms with E-state index < -0.39 is 0 Å². The second-order valence-electron chi connectivity index (χ2n) is 3.48. The van der Waals surface area contributed by atoms with Gasteiger partial charge >= 0.3 is 0 Å². The summed E-state index contributed by atoms with van der Waals surface area (Å²) in [6.07, 6.45) is 0. The summed E-state index contributed by atoms with van der Waals surface area (Å²) in [5.74, 6) is 0.574. The van der Waals surface area contributed by atoms with E-state index in [1.807, 2.05) is 0 Å². The Balaban J connectivity index is 2.55. The predicted octanol–water partition coefficient (Wildman–Crippen LogP) is 2.16. The molecule has 0 unspecified atom stereocenters. The summed E-state index contributed by atoms with van der Waals surface area (Å²) in [6, 6.07) is 8.98. The van der Waals surface area contributed by atoms with E-state index in [1.165, 1.54) is 0 Å². The Bertz CT molecular complexity index is 592. The van der Waals surface area contributed by atoms with Crippen LogP contribution in [0.5, 0.6) is 0 Å². The van der Waals surface area contributed by atoms with E-state index in [2.05, 4.69) is 16.4 Å². The molecule has 0 saturated heterocycles. The van der Waals surface area contributed by atoms with E-state index >= 15 is 0 Å². The zero-order chi connectivity index (χ0) is 12.3. The molecule has 1 aromatic heterocycles. The van der Waals surface area contributed by atoms with E-state index in [0.29, 0.717) is 28.5 Å². The number of fused-ring (bicyclic) bond motifs is 1. The van der Waals surface area contributed by atoms with Crippen molar-refractivity contribution in [1.82, 2.24) is 4.98 Å². The summed E-state index contributed by atoms with van der Waals surface area (Å²) in [5.41, 5.74) is 1.21. The molecule has 0 aliphatic rings. The normalized spacial score (nSPS) is 10.2. The summed E-state index contributed by atoms with van der Waals surface area (Å²) in [6.45, 7) is 0.416. The Labute approximate surface area is 103 Å². The number of pyridine rings is 1. The molecule has 17 heavy (non-hydrogen) atoms. The quantitative estimate of drug-likeness (QED) is 0.872. The van der Waals surface area contributed by atoms with Crippen molar-refractivity contribution in [1.29, 1.82) is 5.26 Å². The number of hydrogen-bond acceptors (Lipinski definition) is 4. The summed E-state index contributed by atoms with van der Waals surface area (Å²) < 4.78 is 0. The Morgan fingerprint density at radius 2 is 2.24 bits per heavy atom. The van der Waals surface area contributed by atoms with E-state index in [1.54, 1.807) is 24.3 Å². The molecule has 5 heteroatoms. The molecule has 0 radical (unpaired) electrons. The van der Waals surface area contributed by atoms with Crippen molar-refractivity contribution < 1.29 is 5.11 Å². The van der Waals surface area contributed by atoms with E-state index in [-0.39, 0.29) is 6.61 Å². The fraction of sp³-hybridized carbons (Fsp3) is 0.167. The van der Waals surface area contributed by atoms with Crippen molar-refractivity contribution in [3.8, 4) is 6.07 Å². The topological polar surface area (TPSA) is 68.9 Å². The highest BCUT2D eigenvalue weighted by Gasteiger charge is 2.05. The van der Waals surface area contributed by atoms with Crippen LogP contribution >= 0.6 is 11.6 Å². The molecule has 0 aliphatic carbocycles. The van der Waals surface area contributed by atoms with Crippen LogP contribution < -0.4 is 5.32 Å². The summed E-state index contributed by atoms with van der Waals surface area (Å²) in [7, 11) is 0. The summed E-state index contributed by atoms with van der Waals surface area (Å²) in [4.78, 5) is 4.33. The minimum atomic E-state index is 0.0161. The van der Waals surface area contributed by atoms with Crippen molar-refractivity contribution in [2.24, 2.45) is 0 Å². The van der Waals surface area contributed by atoms with Crippen molar-refractivity contribution in [2.75, 3.05) is 18.5 Å². The lowest BCUT2D eigenvalue weighted by Crippen LogP contribution is -2.07. The van der Waals surface area contributed by atoms with Gasteiger partial charge in [-0.25, -0.2) is 4.98 Å². The van der Waals surface area contributed by atoms with Crippen LogP contribution in [0.2, 0.25) is 5.02 Å². The molecular formula is C12H10ClN3O. The number of nitrogens with zero attached hydrogens (tertiary/aromatic N) is 2. The summed E-state index contributed by atoms with van der Waals surface area (Å²) >= 11 is 5.89. The lowest BCUT2D eigenvalue weighted by atomic mass is 10.1.